The summed E-state index contributed by atoms with van der Waals surface area (Å²) in [6, 6.07) is 0.922. The van der Waals surface area contributed by atoms with Gasteiger partial charge in [0.25, 0.3) is 0 Å². The average Bonchev–Trinajstić information content (AvgIpc) is 2.13. The molecule has 1 nitrogen and oxygen atoms in total. The van der Waals surface area contributed by atoms with Crippen LogP contribution < -0.4 is 5.73 Å². The van der Waals surface area contributed by atoms with Gasteiger partial charge in [0.15, 0.2) is 0 Å². The summed E-state index contributed by atoms with van der Waals surface area (Å²) in [4.78, 5) is 0. The van der Waals surface area contributed by atoms with Gasteiger partial charge in [0.05, 0.1) is 17.0 Å². The Morgan fingerprint density at radius 1 is 1.11 bits per heavy atom. The summed E-state index contributed by atoms with van der Waals surface area (Å²) in [5.74, 6) is 0. The Balaban J connectivity index is 3.06. The van der Waals surface area contributed by atoms with Crippen molar-refractivity contribution in [2.45, 2.75) is 24.8 Å². The zero-order valence-electron chi connectivity index (χ0n) is 8.74. The minimum atomic E-state index is -4.73. The fourth-order valence-corrected chi connectivity index (χ4v) is 1.58. The van der Waals surface area contributed by atoms with Crippen LogP contribution in [0.25, 0.3) is 0 Å². The van der Waals surface area contributed by atoms with Crippen LogP contribution in [0.4, 0.5) is 26.3 Å². The predicted molar refractivity (Wildman–Crippen MR) is 54.1 cm³/mol. The summed E-state index contributed by atoms with van der Waals surface area (Å²) < 4.78 is 73.7. The van der Waals surface area contributed by atoms with Crippen LogP contribution >= 0.6 is 11.6 Å². The van der Waals surface area contributed by atoms with Crippen LogP contribution in [0.2, 0.25) is 5.02 Å². The van der Waals surface area contributed by atoms with E-state index in [0.717, 1.165) is 12.1 Å². The van der Waals surface area contributed by atoms with Crippen molar-refractivity contribution in [2.24, 2.45) is 5.73 Å². The maximum atomic E-state index is 12.5. The summed E-state index contributed by atoms with van der Waals surface area (Å²) in [5, 5.41) is -0.578. The van der Waals surface area contributed by atoms with Crippen molar-refractivity contribution in [3.63, 3.8) is 0 Å². The van der Waals surface area contributed by atoms with E-state index in [1.165, 1.54) is 0 Å². The number of nitrogens with two attached hydrogens (primary N) is 1. The first-order valence-corrected chi connectivity index (χ1v) is 5.07. The van der Waals surface area contributed by atoms with Crippen LogP contribution in [-0.2, 0) is 6.18 Å². The number of hydrogen-bond donors (Lipinski definition) is 1. The highest BCUT2D eigenvalue weighted by Gasteiger charge is 2.35. The summed E-state index contributed by atoms with van der Waals surface area (Å²) >= 11 is 5.34. The van der Waals surface area contributed by atoms with Crippen LogP contribution in [0.15, 0.2) is 18.2 Å². The molecule has 8 heteroatoms. The van der Waals surface area contributed by atoms with Gasteiger partial charge in [-0.3, -0.25) is 0 Å². The second-order valence-electron chi connectivity index (χ2n) is 3.66. The number of rotatable bonds is 2. The molecule has 1 rings (SSSR count). The first kappa shape index (κ1) is 15.1. The van der Waals surface area contributed by atoms with Gasteiger partial charge in [-0.05, 0) is 17.7 Å². The molecule has 0 radical (unpaired) electrons. The summed E-state index contributed by atoms with van der Waals surface area (Å²) in [7, 11) is 0. The van der Waals surface area contributed by atoms with Crippen LogP contribution in [-0.4, -0.2) is 6.18 Å². The van der Waals surface area contributed by atoms with Gasteiger partial charge in [0.1, 0.15) is 0 Å². The molecule has 0 fully saturated rings. The third kappa shape index (κ3) is 4.06. The van der Waals surface area contributed by atoms with Gasteiger partial charge < -0.3 is 5.73 Å². The first-order valence-electron chi connectivity index (χ1n) is 4.69. The highest BCUT2D eigenvalue weighted by molar-refractivity contribution is 6.31. The molecule has 18 heavy (non-hydrogen) atoms. The minimum absolute atomic E-state index is 0.260. The lowest BCUT2D eigenvalue weighted by Gasteiger charge is -2.17. The molecule has 1 atom stereocenters. The molecule has 0 bridgehead atoms. The van der Waals surface area contributed by atoms with Crippen molar-refractivity contribution in [3.05, 3.63) is 34.3 Å². The molecule has 0 aliphatic carbocycles. The van der Waals surface area contributed by atoms with Crippen molar-refractivity contribution in [1.82, 2.24) is 0 Å². The largest absolute Gasteiger partial charge is 0.417 e. The third-order valence-corrected chi connectivity index (χ3v) is 2.50. The van der Waals surface area contributed by atoms with Gasteiger partial charge in [0, 0.05) is 6.04 Å². The molecule has 0 aromatic heterocycles. The number of benzene rings is 1. The Kier molecular flexibility index (Phi) is 4.17. The zero-order chi connectivity index (χ0) is 14.1. The van der Waals surface area contributed by atoms with Crippen LogP contribution in [0, 0.1) is 0 Å². The number of hydrogen-bond acceptors (Lipinski definition) is 1. The lowest BCUT2D eigenvalue weighted by molar-refractivity contribution is -0.138. The summed E-state index contributed by atoms with van der Waals surface area (Å²) in [6.07, 6.45) is -10.7. The van der Waals surface area contributed by atoms with E-state index >= 15 is 0 Å². The standard InChI is InChI=1S/C10H8ClF6N/c11-7-2-1-5(3-6(7)10(15,16)17)8(18)4-9(12,13)14/h1-3,8H,4,18H2/t8-/m1/s1. The topological polar surface area (TPSA) is 26.0 Å². The quantitative estimate of drug-likeness (QED) is 0.807. The Morgan fingerprint density at radius 3 is 2.11 bits per heavy atom. The van der Waals surface area contributed by atoms with E-state index in [1.54, 1.807) is 0 Å². The van der Waals surface area contributed by atoms with Crippen molar-refractivity contribution >= 4 is 11.6 Å². The Labute approximate surface area is 104 Å². The molecule has 0 amide bonds. The molecule has 0 saturated heterocycles. The van der Waals surface area contributed by atoms with E-state index in [0.29, 0.717) is 6.07 Å². The van der Waals surface area contributed by atoms with E-state index in [4.69, 9.17) is 17.3 Å². The van der Waals surface area contributed by atoms with E-state index in [1.807, 2.05) is 0 Å². The molecule has 0 saturated carbocycles. The normalized spacial score (nSPS) is 14.7. The van der Waals surface area contributed by atoms with Crippen LogP contribution in [0.3, 0.4) is 0 Å². The van der Waals surface area contributed by atoms with E-state index in [2.05, 4.69) is 0 Å². The van der Waals surface area contributed by atoms with Gasteiger partial charge in [-0.15, -0.1) is 0 Å². The first-order chi connectivity index (χ1) is 8.00. The van der Waals surface area contributed by atoms with Crippen molar-refractivity contribution < 1.29 is 26.3 Å². The van der Waals surface area contributed by atoms with Crippen molar-refractivity contribution in [3.8, 4) is 0 Å². The van der Waals surface area contributed by atoms with Gasteiger partial charge in [-0.2, -0.15) is 26.3 Å². The maximum Gasteiger partial charge on any atom is 0.417 e. The van der Waals surface area contributed by atoms with E-state index < -0.39 is 35.4 Å². The van der Waals surface area contributed by atoms with Gasteiger partial charge in [0.2, 0.25) is 0 Å². The highest BCUT2D eigenvalue weighted by atomic mass is 35.5. The molecule has 0 aliphatic heterocycles. The predicted octanol–water partition coefficient (Wildman–Crippen LogP) is 4.31. The monoisotopic (exact) mass is 291 g/mol. The van der Waals surface area contributed by atoms with Crippen LogP contribution in [0.1, 0.15) is 23.6 Å². The van der Waals surface area contributed by atoms with E-state index in [9.17, 15) is 26.3 Å². The lowest BCUT2D eigenvalue weighted by Crippen LogP contribution is -2.20. The maximum absolute atomic E-state index is 12.5. The number of halogens is 7. The second kappa shape index (κ2) is 4.97. The molecule has 1 aromatic rings. The number of alkyl halides is 6. The minimum Gasteiger partial charge on any atom is -0.324 e. The Bertz CT molecular complexity index is 425. The molecule has 2 N–H and O–H groups in total. The smallest absolute Gasteiger partial charge is 0.324 e. The Morgan fingerprint density at radius 2 is 1.67 bits per heavy atom. The zero-order valence-corrected chi connectivity index (χ0v) is 9.50. The molecule has 0 aliphatic rings. The molecule has 102 valence electrons. The average molecular weight is 292 g/mol. The molecule has 1 aromatic carbocycles. The van der Waals surface area contributed by atoms with Gasteiger partial charge in [-0.25, -0.2) is 0 Å². The fraction of sp³-hybridized carbons (Fsp3) is 0.400. The molecular weight excluding hydrogens is 284 g/mol. The summed E-state index contributed by atoms with van der Waals surface area (Å²) in [6.45, 7) is 0. The Hall–Kier alpha value is -0.950. The molecule has 0 heterocycles. The molecular formula is C10H8ClF6N. The van der Waals surface area contributed by atoms with Crippen molar-refractivity contribution in [2.75, 3.05) is 0 Å². The lowest BCUT2D eigenvalue weighted by atomic mass is 10.0. The van der Waals surface area contributed by atoms with Crippen molar-refractivity contribution in [1.29, 1.82) is 0 Å². The van der Waals surface area contributed by atoms with E-state index in [-0.39, 0.29) is 5.56 Å². The van der Waals surface area contributed by atoms with Gasteiger partial charge >= 0.3 is 12.4 Å². The fourth-order valence-electron chi connectivity index (χ4n) is 1.36. The van der Waals surface area contributed by atoms with Gasteiger partial charge in [-0.1, -0.05) is 17.7 Å². The SMILES string of the molecule is N[C@H](CC(F)(F)F)c1ccc(Cl)c(C(F)(F)F)c1. The summed E-state index contributed by atoms with van der Waals surface area (Å²) in [5.41, 5.74) is 3.76. The van der Waals surface area contributed by atoms with Crippen LogP contribution in [0.5, 0.6) is 0 Å². The molecule has 0 unspecified atom stereocenters. The highest BCUT2D eigenvalue weighted by Crippen LogP contribution is 2.37. The molecule has 0 spiro atoms. The second-order valence-corrected chi connectivity index (χ2v) is 4.07. The third-order valence-electron chi connectivity index (χ3n) is 2.18.